The Hall–Kier alpha value is -7.42. The maximum atomic E-state index is 6.96. The fourth-order valence-electron chi connectivity index (χ4n) is 10.7. The first-order valence-electron chi connectivity index (χ1n) is 21.8. The van der Waals surface area contributed by atoms with Gasteiger partial charge in [0.25, 0.3) is 0 Å². The predicted molar refractivity (Wildman–Crippen MR) is 258 cm³/mol. The zero-order valence-corrected chi connectivity index (χ0v) is 35.4. The van der Waals surface area contributed by atoms with Crippen molar-refractivity contribution in [3.63, 3.8) is 0 Å². The second kappa shape index (κ2) is 13.5. The zero-order chi connectivity index (χ0) is 41.7. The van der Waals surface area contributed by atoms with Crippen molar-refractivity contribution in [2.75, 3.05) is 4.90 Å². The van der Waals surface area contributed by atoms with Crippen molar-refractivity contribution in [1.82, 2.24) is 0 Å². The summed E-state index contributed by atoms with van der Waals surface area (Å²) in [6.45, 7) is 9.41. The van der Waals surface area contributed by atoms with Crippen LogP contribution in [0.1, 0.15) is 49.9 Å². The smallest absolute Gasteiger partial charge is 0.151 e. The molecular formula is C60H45NO. The first kappa shape index (κ1) is 36.4. The van der Waals surface area contributed by atoms with E-state index in [1.54, 1.807) is 0 Å². The fourth-order valence-corrected chi connectivity index (χ4v) is 10.7. The minimum absolute atomic E-state index is 0.102. The van der Waals surface area contributed by atoms with E-state index in [-0.39, 0.29) is 10.8 Å². The number of fused-ring (bicyclic) bond motifs is 8. The summed E-state index contributed by atoms with van der Waals surface area (Å²) < 4.78 is 6.96. The van der Waals surface area contributed by atoms with Crippen LogP contribution in [0.5, 0.6) is 11.5 Å². The van der Waals surface area contributed by atoms with Crippen LogP contribution < -0.4 is 9.64 Å². The SMILES string of the molecule is CC1(C)c2ccccc2-c2ccc(-c3ccc4c(c3)N(c3c(-c5ccccc5)cccc3-c3ccccc3)c3cc(-c5ccc6c(c5)C(C)(C)c5ccccc5-6)ccc3O4)cc21. The summed E-state index contributed by atoms with van der Waals surface area (Å²) in [5, 5.41) is 0. The van der Waals surface area contributed by atoms with Gasteiger partial charge in [-0.25, -0.2) is 0 Å². The average Bonchev–Trinajstić information content (AvgIpc) is 3.69. The second-order valence-electron chi connectivity index (χ2n) is 18.1. The molecule has 2 heteroatoms. The normalized spacial score (nSPS) is 14.5. The molecule has 62 heavy (non-hydrogen) atoms. The Morgan fingerprint density at radius 3 is 1.15 bits per heavy atom. The summed E-state index contributed by atoms with van der Waals surface area (Å²) in [4.78, 5) is 2.48. The summed E-state index contributed by atoms with van der Waals surface area (Å²) >= 11 is 0. The minimum atomic E-state index is -0.102. The van der Waals surface area contributed by atoms with E-state index in [0.29, 0.717) is 0 Å². The Morgan fingerprint density at radius 1 is 0.306 bits per heavy atom. The lowest BCUT2D eigenvalue weighted by molar-refractivity contribution is 0.477. The van der Waals surface area contributed by atoms with Crippen LogP contribution in [-0.2, 0) is 10.8 Å². The number of hydrogen-bond donors (Lipinski definition) is 0. The third-order valence-electron chi connectivity index (χ3n) is 13.9. The summed E-state index contributed by atoms with van der Waals surface area (Å²) in [5.74, 6) is 1.64. The standard InChI is InChI=1S/C60H45NO/c1-59(2)50-24-13-11-20-46(50)48-30-26-40(34-52(48)59)42-28-32-56-54(36-42)61(58-44(38-16-7-5-8-17-38)22-15-23-45(58)39-18-9-6-10-19-39)55-37-43(29-33-57(55)62-56)41-27-31-49-47-21-12-14-25-51(47)60(3,4)53(49)35-41/h5-37H,1-4H3. The van der Waals surface area contributed by atoms with Crippen LogP contribution in [0, 0.1) is 0 Å². The quantitative estimate of drug-likeness (QED) is 0.172. The molecule has 0 aromatic heterocycles. The predicted octanol–water partition coefficient (Wildman–Crippen LogP) is 16.5. The lowest BCUT2D eigenvalue weighted by Gasteiger charge is -2.36. The van der Waals surface area contributed by atoms with Crippen molar-refractivity contribution in [3.8, 4) is 78.3 Å². The molecule has 0 unspecified atom stereocenters. The van der Waals surface area contributed by atoms with Crippen molar-refractivity contribution < 1.29 is 4.74 Å². The zero-order valence-electron chi connectivity index (χ0n) is 35.4. The van der Waals surface area contributed by atoms with Crippen LogP contribution in [0.3, 0.4) is 0 Å². The topological polar surface area (TPSA) is 12.5 Å². The molecule has 12 rings (SSSR count). The molecule has 0 fully saturated rings. The molecule has 3 aliphatic rings. The Bertz CT molecular complexity index is 3050. The molecule has 0 bridgehead atoms. The molecule has 0 atom stereocenters. The third kappa shape index (κ3) is 5.43. The van der Waals surface area contributed by atoms with Crippen molar-refractivity contribution in [2.45, 2.75) is 38.5 Å². The molecule has 1 aliphatic heterocycles. The summed E-state index contributed by atoms with van der Waals surface area (Å²) in [5.41, 5.74) is 23.0. The monoisotopic (exact) mass is 795 g/mol. The van der Waals surface area contributed by atoms with Gasteiger partial charge in [0.15, 0.2) is 11.5 Å². The largest absolute Gasteiger partial charge is 0.453 e. The van der Waals surface area contributed by atoms with E-state index in [1.165, 1.54) is 55.6 Å². The van der Waals surface area contributed by atoms with E-state index in [1.807, 2.05) is 0 Å². The van der Waals surface area contributed by atoms with Crippen molar-refractivity contribution in [1.29, 1.82) is 0 Å². The van der Waals surface area contributed by atoms with Crippen LogP contribution in [0.4, 0.5) is 17.1 Å². The van der Waals surface area contributed by atoms with Crippen LogP contribution in [0.2, 0.25) is 0 Å². The number of anilines is 3. The van der Waals surface area contributed by atoms with Gasteiger partial charge < -0.3 is 9.64 Å². The number of nitrogens with zero attached hydrogens (tertiary/aromatic N) is 1. The second-order valence-corrected chi connectivity index (χ2v) is 18.1. The molecule has 0 saturated carbocycles. The average molecular weight is 796 g/mol. The van der Waals surface area contributed by atoms with Crippen LogP contribution >= 0.6 is 0 Å². The molecule has 0 N–H and O–H groups in total. The molecule has 9 aromatic carbocycles. The molecule has 2 nitrogen and oxygen atoms in total. The van der Waals surface area contributed by atoms with Gasteiger partial charge in [-0.3, -0.25) is 0 Å². The van der Waals surface area contributed by atoms with Gasteiger partial charge in [-0.05, 0) is 114 Å². The Labute approximate surface area is 364 Å². The van der Waals surface area contributed by atoms with Gasteiger partial charge in [-0.2, -0.15) is 0 Å². The number of para-hydroxylation sites is 1. The van der Waals surface area contributed by atoms with Gasteiger partial charge in [0, 0.05) is 22.0 Å². The van der Waals surface area contributed by atoms with Crippen molar-refractivity contribution in [3.05, 3.63) is 222 Å². The van der Waals surface area contributed by atoms with Gasteiger partial charge in [-0.1, -0.05) is 191 Å². The van der Waals surface area contributed by atoms with E-state index in [0.717, 1.165) is 61.9 Å². The fraction of sp³-hybridized carbons (Fsp3) is 0.100. The maximum absolute atomic E-state index is 6.96. The minimum Gasteiger partial charge on any atom is -0.453 e. The molecule has 0 saturated heterocycles. The van der Waals surface area contributed by atoms with Gasteiger partial charge >= 0.3 is 0 Å². The Balaban J connectivity index is 1.08. The Morgan fingerprint density at radius 2 is 0.677 bits per heavy atom. The number of ether oxygens (including phenoxy) is 1. The van der Waals surface area contributed by atoms with Crippen LogP contribution in [0.25, 0.3) is 66.8 Å². The van der Waals surface area contributed by atoms with E-state index in [4.69, 9.17) is 4.74 Å². The molecule has 9 aromatic rings. The molecule has 296 valence electrons. The number of rotatable bonds is 5. The van der Waals surface area contributed by atoms with Gasteiger partial charge in [0.2, 0.25) is 0 Å². The van der Waals surface area contributed by atoms with Crippen molar-refractivity contribution in [2.24, 2.45) is 0 Å². The van der Waals surface area contributed by atoms with E-state index < -0.39 is 0 Å². The maximum Gasteiger partial charge on any atom is 0.151 e. The third-order valence-corrected chi connectivity index (χ3v) is 13.9. The molecule has 2 aliphatic carbocycles. The highest BCUT2D eigenvalue weighted by atomic mass is 16.5. The summed E-state index contributed by atoms with van der Waals surface area (Å²) in [6, 6.07) is 73.5. The lowest BCUT2D eigenvalue weighted by atomic mass is 9.81. The molecule has 0 spiro atoms. The van der Waals surface area contributed by atoms with Gasteiger partial charge in [0.05, 0.1) is 17.1 Å². The number of hydrogen-bond acceptors (Lipinski definition) is 2. The molecule has 0 radical (unpaired) electrons. The van der Waals surface area contributed by atoms with E-state index >= 15 is 0 Å². The highest BCUT2D eigenvalue weighted by Gasteiger charge is 2.37. The highest BCUT2D eigenvalue weighted by Crippen LogP contribution is 2.57. The number of benzene rings is 9. The highest BCUT2D eigenvalue weighted by molar-refractivity contribution is 6.02. The van der Waals surface area contributed by atoms with Crippen LogP contribution in [-0.4, -0.2) is 0 Å². The first-order valence-corrected chi connectivity index (χ1v) is 21.8. The van der Waals surface area contributed by atoms with E-state index in [2.05, 4.69) is 233 Å². The van der Waals surface area contributed by atoms with Crippen molar-refractivity contribution >= 4 is 17.1 Å². The lowest BCUT2D eigenvalue weighted by Crippen LogP contribution is -2.18. The molecule has 1 heterocycles. The summed E-state index contributed by atoms with van der Waals surface area (Å²) in [7, 11) is 0. The Kier molecular flexibility index (Phi) is 7.96. The van der Waals surface area contributed by atoms with E-state index in [9.17, 15) is 0 Å². The molecular weight excluding hydrogens is 751 g/mol. The van der Waals surface area contributed by atoms with Gasteiger partial charge in [0.1, 0.15) is 0 Å². The van der Waals surface area contributed by atoms with Crippen LogP contribution in [0.15, 0.2) is 200 Å². The molecule has 0 amide bonds. The first-order chi connectivity index (χ1) is 30.3. The van der Waals surface area contributed by atoms with Gasteiger partial charge in [-0.15, -0.1) is 0 Å². The summed E-state index contributed by atoms with van der Waals surface area (Å²) in [6.07, 6.45) is 0.